The van der Waals surface area contributed by atoms with Crippen molar-refractivity contribution in [2.45, 2.75) is 50.3 Å². The number of hydrogen-bond acceptors (Lipinski definition) is 4. The van der Waals surface area contributed by atoms with E-state index in [0.717, 1.165) is 42.5 Å². The number of carbonyl (C=O) groups is 2. The molecule has 1 fully saturated rings. The highest BCUT2D eigenvalue weighted by molar-refractivity contribution is 5.98. The second-order valence-corrected chi connectivity index (χ2v) is 10.1. The van der Waals surface area contributed by atoms with Crippen molar-refractivity contribution >= 4 is 17.5 Å². The molecular formula is C31H30F3N3O3. The molecule has 2 amide bonds. The van der Waals surface area contributed by atoms with E-state index in [1.165, 1.54) is 12.1 Å². The number of rotatable bonds is 7. The maximum absolute atomic E-state index is 13.6. The zero-order valence-electron chi connectivity index (χ0n) is 22.0. The van der Waals surface area contributed by atoms with Gasteiger partial charge in [-0.25, -0.2) is 0 Å². The van der Waals surface area contributed by atoms with Crippen LogP contribution < -0.4 is 10.6 Å². The minimum atomic E-state index is -4.77. The number of aliphatic hydroxyl groups is 1. The Morgan fingerprint density at radius 3 is 2.30 bits per heavy atom. The third-order valence-electron chi connectivity index (χ3n) is 7.49. The molecule has 3 N–H and O–H groups in total. The normalized spacial score (nSPS) is 15.5. The van der Waals surface area contributed by atoms with E-state index in [4.69, 9.17) is 5.26 Å². The van der Waals surface area contributed by atoms with Crippen LogP contribution in [0.3, 0.4) is 0 Å². The van der Waals surface area contributed by atoms with Crippen molar-refractivity contribution in [2.75, 3.05) is 12.4 Å². The van der Waals surface area contributed by atoms with Crippen molar-refractivity contribution in [3.05, 3.63) is 89.0 Å². The molecule has 1 saturated carbocycles. The average molecular weight is 550 g/mol. The standard InChI is InChI=1S/C31H30F3N3O3/c1-36-28(38)22-12-10-21(11-13-22)23-7-5-6-20(16-23)18-30(40,25-8-3-2-4-9-25)29(39)37-26-15-14-24(19-35)27(17-26)31(32,33)34/h5-7,10-17,25,40H,2-4,8-9,18H2,1H3,(H,36,38)(H,37,39). The molecule has 1 aliphatic rings. The van der Waals surface area contributed by atoms with E-state index in [1.54, 1.807) is 25.2 Å². The smallest absolute Gasteiger partial charge is 0.379 e. The fourth-order valence-electron chi connectivity index (χ4n) is 5.31. The van der Waals surface area contributed by atoms with E-state index < -0.39 is 28.8 Å². The maximum atomic E-state index is 13.6. The molecule has 1 atom stereocenters. The van der Waals surface area contributed by atoms with E-state index in [1.807, 2.05) is 30.3 Å². The summed E-state index contributed by atoms with van der Waals surface area (Å²) in [7, 11) is 1.56. The predicted octanol–water partition coefficient (Wildman–Crippen LogP) is 6.10. The summed E-state index contributed by atoms with van der Waals surface area (Å²) in [4.78, 5) is 25.5. The lowest BCUT2D eigenvalue weighted by molar-refractivity contribution is -0.142. The molecule has 0 aliphatic heterocycles. The largest absolute Gasteiger partial charge is 0.417 e. The predicted molar refractivity (Wildman–Crippen MR) is 145 cm³/mol. The molecule has 0 heterocycles. The third-order valence-corrected chi connectivity index (χ3v) is 7.49. The van der Waals surface area contributed by atoms with E-state index in [9.17, 15) is 27.9 Å². The number of nitrogens with one attached hydrogen (secondary N) is 2. The minimum absolute atomic E-state index is 0.0317. The molecule has 0 bridgehead atoms. The highest BCUT2D eigenvalue weighted by Crippen LogP contribution is 2.38. The highest BCUT2D eigenvalue weighted by atomic mass is 19.4. The van der Waals surface area contributed by atoms with Crippen molar-refractivity contribution in [3.63, 3.8) is 0 Å². The van der Waals surface area contributed by atoms with Gasteiger partial charge in [0.2, 0.25) is 0 Å². The van der Waals surface area contributed by atoms with Gasteiger partial charge in [-0.15, -0.1) is 0 Å². The number of nitrogens with zero attached hydrogens (tertiary/aromatic N) is 1. The number of hydrogen-bond donors (Lipinski definition) is 3. The second-order valence-electron chi connectivity index (χ2n) is 10.1. The summed E-state index contributed by atoms with van der Waals surface area (Å²) < 4.78 is 40.5. The zero-order chi connectivity index (χ0) is 28.9. The van der Waals surface area contributed by atoms with Gasteiger partial charge in [-0.2, -0.15) is 18.4 Å². The summed E-state index contributed by atoms with van der Waals surface area (Å²) in [5.41, 5.74) is -0.831. The van der Waals surface area contributed by atoms with Crippen molar-refractivity contribution < 1.29 is 27.9 Å². The van der Waals surface area contributed by atoms with Crippen molar-refractivity contribution in [2.24, 2.45) is 5.92 Å². The van der Waals surface area contributed by atoms with E-state index >= 15 is 0 Å². The van der Waals surface area contributed by atoms with Gasteiger partial charge in [0.15, 0.2) is 0 Å². The summed E-state index contributed by atoms with van der Waals surface area (Å²) in [6.07, 6.45) is -0.904. The number of anilines is 1. The van der Waals surface area contributed by atoms with Crippen LogP contribution >= 0.6 is 0 Å². The molecular weight excluding hydrogens is 519 g/mol. The molecule has 9 heteroatoms. The highest BCUT2D eigenvalue weighted by Gasteiger charge is 2.44. The van der Waals surface area contributed by atoms with Crippen LogP contribution in [0, 0.1) is 17.2 Å². The monoisotopic (exact) mass is 549 g/mol. The Bertz CT molecular complexity index is 1420. The van der Waals surface area contributed by atoms with Gasteiger partial charge in [-0.3, -0.25) is 9.59 Å². The first-order valence-corrected chi connectivity index (χ1v) is 13.1. The molecule has 4 rings (SSSR count). The molecule has 0 saturated heterocycles. The summed E-state index contributed by atoms with van der Waals surface area (Å²) in [5, 5.41) is 26.1. The van der Waals surface area contributed by atoms with Gasteiger partial charge in [0, 0.05) is 24.7 Å². The quantitative estimate of drug-likeness (QED) is 0.332. The number of alkyl halides is 3. The van der Waals surface area contributed by atoms with Gasteiger partial charge < -0.3 is 15.7 Å². The van der Waals surface area contributed by atoms with E-state index in [0.29, 0.717) is 24.0 Å². The van der Waals surface area contributed by atoms with Crippen LogP contribution in [-0.4, -0.2) is 29.6 Å². The Morgan fingerprint density at radius 1 is 0.975 bits per heavy atom. The molecule has 1 unspecified atom stereocenters. The SMILES string of the molecule is CNC(=O)c1ccc(-c2cccc(CC(O)(C(=O)Nc3ccc(C#N)c(C(F)(F)F)c3)C3CCCCC3)c2)cc1. The first kappa shape index (κ1) is 28.8. The first-order chi connectivity index (χ1) is 19.0. The average Bonchev–Trinajstić information content (AvgIpc) is 2.96. The van der Waals surface area contributed by atoms with Crippen molar-refractivity contribution in [1.82, 2.24) is 5.32 Å². The van der Waals surface area contributed by atoms with Crippen molar-refractivity contribution in [3.8, 4) is 17.2 Å². The van der Waals surface area contributed by atoms with Crippen LogP contribution in [0.4, 0.5) is 18.9 Å². The number of halogens is 3. The lowest BCUT2D eigenvalue weighted by Gasteiger charge is -2.37. The molecule has 3 aromatic carbocycles. The molecule has 40 heavy (non-hydrogen) atoms. The Balaban J connectivity index is 1.63. The van der Waals surface area contributed by atoms with Crippen LogP contribution in [-0.2, 0) is 17.4 Å². The number of nitriles is 1. The molecule has 208 valence electrons. The summed E-state index contributed by atoms with van der Waals surface area (Å²) >= 11 is 0. The third kappa shape index (κ3) is 6.35. The number of amides is 2. The fraction of sp³-hybridized carbons (Fsp3) is 0.323. The Labute approximate surface area is 230 Å². The summed E-state index contributed by atoms with van der Waals surface area (Å²) in [5.74, 6) is -1.36. The number of benzene rings is 3. The van der Waals surface area contributed by atoms with Gasteiger partial charge in [-0.05, 0) is 65.8 Å². The van der Waals surface area contributed by atoms with Crippen LogP contribution in [0.25, 0.3) is 11.1 Å². The van der Waals surface area contributed by atoms with E-state index in [-0.39, 0.29) is 23.9 Å². The summed E-state index contributed by atoms with van der Waals surface area (Å²) in [6, 6.07) is 18.9. The molecule has 3 aromatic rings. The number of carbonyl (C=O) groups excluding carboxylic acids is 2. The second kappa shape index (κ2) is 11.9. The van der Waals surface area contributed by atoms with Gasteiger partial charge in [0.25, 0.3) is 11.8 Å². The molecule has 0 radical (unpaired) electrons. The summed E-state index contributed by atoms with van der Waals surface area (Å²) in [6.45, 7) is 0. The first-order valence-electron chi connectivity index (χ1n) is 13.1. The zero-order valence-corrected chi connectivity index (χ0v) is 22.0. The van der Waals surface area contributed by atoms with Crippen molar-refractivity contribution in [1.29, 1.82) is 5.26 Å². The van der Waals surface area contributed by atoms with Gasteiger partial charge in [-0.1, -0.05) is 55.7 Å². The molecule has 0 spiro atoms. The molecule has 0 aromatic heterocycles. The Morgan fingerprint density at radius 2 is 1.68 bits per heavy atom. The lowest BCUT2D eigenvalue weighted by atomic mass is 9.73. The van der Waals surface area contributed by atoms with Crippen LogP contribution in [0.15, 0.2) is 66.7 Å². The van der Waals surface area contributed by atoms with Gasteiger partial charge >= 0.3 is 6.18 Å². The lowest BCUT2D eigenvalue weighted by Crippen LogP contribution is -2.51. The van der Waals surface area contributed by atoms with Gasteiger partial charge in [0.1, 0.15) is 5.60 Å². The van der Waals surface area contributed by atoms with Gasteiger partial charge in [0.05, 0.1) is 17.2 Å². The fourth-order valence-corrected chi connectivity index (χ4v) is 5.31. The Hall–Kier alpha value is -4.16. The topological polar surface area (TPSA) is 102 Å². The molecule has 6 nitrogen and oxygen atoms in total. The minimum Gasteiger partial charge on any atom is -0.379 e. The maximum Gasteiger partial charge on any atom is 0.417 e. The Kier molecular flexibility index (Phi) is 8.60. The van der Waals surface area contributed by atoms with E-state index in [2.05, 4.69) is 10.6 Å². The van der Waals surface area contributed by atoms with Crippen LogP contribution in [0.2, 0.25) is 0 Å². The molecule has 1 aliphatic carbocycles. The van der Waals surface area contributed by atoms with Crippen LogP contribution in [0.1, 0.15) is 59.2 Å². The van der Waals surface area contributed by atoms with Crippen LogP contribution in [0.5, 0.6) is 0 Å².